The van der Waals surface area contributed by atoms with Crippen molar-refractivity contribution in [1.29, 1.82) is 0 Å². The first kappa shape index (κ1) is 22.3. The zero-order valence-electron chi connectivity index (χ0n) is 18.0. The van der Waals surface area contributed by atoms with E-state index in [9.17, 15) is 9.59 Å². The number of carboxylic acids is 2. The van der Waals surface area contributed by atoms with Gasteiger partial charge in [0.05, 0.1) is 11.4 Å². The fourth-order valence-corrected chi connectivity index (χ4v) is 3.42. The number of hydrogen-bond donors (Lipinski definition) is 4. The molecule has 0 amide bonds. The van der Waals surface area contributed by atoms with E-state index >= 15 is 0 Å². The molecule has 0 radical (unpaired) electrons. The first-order chi connectivity index (χ1) is 16.4. The molecule has 0 saturated heterocycles. The molecule has 5 N–H and O–H groups in total. The van der Waals surface area contributed by atoms with Gasteiger partial charge in [-0.1, -0.05) is 48.5 Å². The summed E-state index contributed by atoms with van der Waals surface area (Å²) in [7, 11) is 0. The van der Waals surface area contributed by atoms with Gasteiger partial charge in [-0.15, -0.1) is 0 Å². The van der Waals surface area contributed by atoms with E-state index in [2.05, 4.69) is 4.98 Å². The minimum absolute atomic E-state index is 0.658. The lowest BCUT2D eigenvalue weighted by Crippen LogP contribution is -1.87. The third kappa shape index (κ3) is 5.28. The highest BCUT2D eigenvalue weighted by Gasteiger charge is 2.15. The number of nitrogens with zero attached hydrogens (tertiary/aromatic N) is 1. The first-order valence-corrected chi connectivity index (χ1v) is 10.4. The summed E-state index contributed by atoms with van der Waals surface area (Å²) in [5.41, 5.74) is 12.2. The van der Waals surface area contributed by atoms with Crippen LogP contribution in [0.25, 0.3) is 46.1 Å². The van der Waals surface area contributed by atoms with Gasteiger partial charge in [0.25, 0.3) is 0 Å². The van der Waals surface area contributed by atoms with Crippen molar-refractivity contribution in [3.05, 3.63) is 96.1 Å². The quantitative estimate of drug-likeness (QED) is 0.226. The zero-order chi connectivity index (χ0) is 24.1. The number of nitrogens with two attached hydrogens (primary N) is 1. The summed E-state index contributed by atoms with van der Waals surface area (Å²) < 4.78 is 0. The average molecular weight is 451 g/mol. The standard InChI is InChI=1S/C27H21N3O4/c28-22-13-11-21(12-14-22)27-29-25(19-7-1-17(2-8-19)5-15-23(31)32)26(30-27)20-9-3-18(4-10-20)6-16-24(33)34/h1-16H,28H2,(H,29,30)(H,31,32)(H,33,34)/b15-5+,16-6+. The molecule has 0 aliphatic carbocycles. The molecule has 168 valence electrons. The van der Waals surface area contributed by atoms with Crippen molar-refractivity contribution in [1.82, 2.24) is 9.97 Å². The molecule has 34 heavy (non-hydrogen) atoms. The second-order valence-electron chi connectivity index (χ2n) is 7.52. The molecule has 0 spiro atoms. The van der Waals surface area contributed by atoms with E-state index in [-0.39, 0.29) is 0 Å². The third-order valence-electron chi connectivity index (χ3n) is 5.11. The van der Waals surface area contributed by atoms with E-state index in [1.807, 2.05) is 72.8 Å². The number of anilines is 1. The van der Waals surface area contributed by atoms with Crippen LogP contribution in [0.3, 0.4) is 0 Å². The molecule has 3 aromatic carbocycles. The minimum Gasteiger partial charge on any atom is -0.478 e. The van der Waals surface area contributed by atoms with Gasteiger partial charge < -0.3 is 20.9 Å². The first-order valence-electron chi connectivity index (χ1n) is 10.4. The number of carboxylic acid groups (broad SMARTS) is 2. The Morgan fingerprint density at radius 2 is 1.18 bits per heavy atom. The topological polar surface area (TPSA) is 129 Å². The summed E-state index contributed by atoms with van der Waals surface area (Å²) in [4.78, 5) is 29.8. The van der Waals surface area contributed by atoms with Crippen LogP contribution in [0.2, 0.25) is 0 Å². The summed E-state index contributed by atoms with van der Waals surface area (Å²) in [6.45, 7) is 0. The van der Waals surface area contributed by atoms with Gasteiger partial charge in [-0.3, -0.25) is 0 Å². The van der Waals surface area contributed by atoms with E-state index in [0.29, 0.717) is 11.5 Å². The van der Waals surface area contributed by atoms with Crippen LogP contribution in [0, 0.1) is 0 Å². The highest BCUT2D eigenvalue weighted by Crippen LogP contribution is 2.33. The lowest BCUT2D eigenvalue weighted by molar-refractivity contribution is -0.132. The van der Waals surface area contributed by atoms with Crippen molar-refractivity contribution in [2.24, 2.45) is 0 Å². The molecule has 4 aromatic rings. The van der Waals surface area contributed by atoms with Gasteiger partial charge in [-0.2, -0.15) is 0 Å². The Balaban J connectivity index is 1.76. The third-order valence-corrected chi connectivity index (χ3v) is 5.11. The van der Waals surface area contributed by atoms with Crippen molar-refractivity contribution < 1.29 is 19.8 Å². The van der Waals surface area contributed by atoms with E-state index < -0.39 is 11.9 Å². The van der Waals surface area contributed by atoms with Gasteiger partial charge in [0, 0.05) is 34.5 Å². The number of aliphatic carboxylic acids is 2. The summed E-state index contributed by atoms with van der Waals surface area (Å²) in [5, 5.41) is 17.7. The molecule has 0 aliphatic heterocycles. The minimum atomic E-state index is -1.01. The van der Waals surface area contributed by atoms with Crippen molar-refractivity contribution in [3.8, 4) is 33.9 Å². The van der Waals surface area contributed by atoms with Crippen molar-refractivity contribution in [3.63, 3.8) is 0 Å². The van der Waals surface area contributed by atoms with Gasteiger partial charge in [-0.25, -0.2) is 14.6 Å². The van der Waals surface area contributed by atoms with Crippen LogP contribution in [-0.2, 0) is 9.59 Å². The molecule has 7 nitrogen and oxygen atoms in total. The molecule has 0 atom stereocenters. The number of benzene rings is 3. The maximum atomic E-state index is 10.8. The SMILES string of the molecule is Nc1ccc(-c2nc(-c3ccc(/C=C/C(=O)O)cc3)c(-c3ccc(/C=C/C(=O)O)cc3)[nH]2)cc1. The lowest BCUT2D eigenvalue weighted by Gasteiger charge is -2.05. The van der Waals surface area contributed by atoms with Crippen molar-refractivity contribution >= 4 is 29.8 Å². The lowest BCUT2D eigenvalue weighted by atomic mass is 10.0. The predicted octanol–water partition coefficient (Wildman–Crippen LogP) is 5.19. The van der Waals surface area contributed by atoms with Crippen LogP contribution in [0.15, 0.2) is 84.9 Å². The molecular formula is C27H21N3O4. The summed E-state index contributed by atoms with van der Waals surface area (Å²) in [5.74, 6) is -1.34. The number of imidazole rings is 1. The Bertz CT molecular complexity index is 1300. The van der Waals surface area contributed by atoms with Crippen LogP contribution in [0.5, 0.6) is 0 Å². The molecular weight excluding hydrogens is 430 g/mol. The summed E-state index contributed by atoms with van der Waals surface area (Å²) in [6, 6.07) is 22.3. The van der Waals surface area contributed by atoms with Crippen LogP contribution < -0.4 is 5.73 Å². The fraction of sp³-hybridized carbons (Fsp3) is 0. The number of aromatic amines is 1. The molecule has 1 heterocycles. The van der Waals surface area contributed by atoms with Crippen LogP contribution in [0.4, 0.5) is 5.69 Å². The maximum absolute atomic E-state index is 10.8. The van der Waals surface area contributed by atoms with Gasteiger partial charge >= 0.3 is 11.9 Å². The number of carbonyl (C=O) groups is 2. The second-order valence-corrected chi connectivity index (χ2v) is 7.52. The van der Waals surface area contributed by atoms with Crippen LogP contribution in [-0.4, -0.2) is 32.1 Å². The van der Waals surface area contributed by atoms with Gasteiger partial charge in [0.1, 0.15) is 5.82 Å². The number of hydrogen-bond acceptors (Lipinski definition) is 4. The van der Waals surface area contributed by atoms with Crippen molar-refractivity contribution in [2.45, 2.75) is 0 Å². The normalized spacial score (nSPS) is 11.3. The van der Waals surface area contributed by atoms with Gasteiger partial charge in [0.15, 0.2) is 0 Å². The molecule has 0 aliphatic rings. The molecule has 0 bridgehead atoms. The monoisotopic (exact) mass is 451 g/mol. The number of nitrogen functional groups attached to an aromatic ring is 1. The number of nitrogens with one attached hydrogen (secondary N) is 1. The van der Waals surface area contributed by atoms with E-state index in [1.54, 1.807) is 0 Å². The largest absolute Gasteiger partial charge is 0.478 e. The van der Waals surface area contributed by atoms with Crippen LogP contribution >= 0.6 is 0 Å². The van der Waals surface area contributed by atoms with Gasteiger partial charge in [-0.05, 0) is 47.5 Å². The molecule has 1 aromatic heterocycles. The number of H-pyrrole nitrogens is 1. The van der Waals surface area contributed by atoms with Gasteiger partial charge in [0.2, 0.25) is 0 Å². The Morgan fingerprint density at radius 3 is 1.68 bits per heavy atom. The highest BCUT2D eigenvalue weighted by molar-refractivity contribution is 5.87. The molecule has 0 fully saturated rings. The summed E-state index contributed by atoms with van der Waals surface area (Å²) in [6.07, 6.45) is 5.24. The fourth-order valence-electron chi connectivity index (χ4n) is 3.42. The van der Waals surface area contributed by atoms with E-state index in [1.165, 1.54) is 12.2 Å². The Kier molecular flexibility index (Phi) is 6.36. The molecule has 7 heteroatoms. The Hall–Kier alpha value is -4.91. The molecule has 0 saturated carbocycles. The predicted molar refractivity (Wildman–Crippen MR) is 133 cm³/mol. The smallest absolute Gasteiger partial charge is 0.328 e. The Morgan fingerprint density at radius 1 is 0.706 bits per heavy atom. The number of aromatic nitrogens is 2. The molecule has 0 unspecified atom stereocenters. The number of rotatable bonds is 7. The molecule has 4 rings (SSSR count). The van der Waals surface area contributed by atoms with E-state index in [0.717, 1.165) is 51.4 Å². The van der Waals surface area contributed by atoms with Crippen molar-refractivity contribution in [2.75, 3.05) is 5.73 Å². The maximum Gasteiger partial charge on any atom is 0.328 e. The van der Waals surface area contributed by atoms with E-state index in [4.69, 9.17) is 20.9 Å². The average Bonchev–Trinajstić information content (AvgIpc) is 3.28. The Labute approximate surface area is 195 Å². The second kappa shape index (κ2) is 9.70. The highest BCUT2D eigenvalue weighted by atomic mass is 16.4. The summed E-state index contributed by atoms with van der Waals surface area (Å²) >= 11 is 0. The van der Waals surface area contributed by atoms with Crippen LogP contribution in [0.1, 0.15) is 11.1 Å². The zero-order valence-corrected chi connectivity index (χ0v) is 18.0.